The number of rotatable bonds is 9. The third kappa shape index (κ3) is 6.06. The first-order valence-electron chi connectivity index (χ1n) is 10.7. The smallest absolute Gasteiger partial charge is 0.219 e. The van der Waals surface area contributed by atoms with Crippen LogP contribution in [0.2, 0.25) is 13.1 Å². The van der Waals surface area contributed by atoms with Crippen molar-refractivity contribution in [2.45, 2.75) is 76.7 Å². The molecule has 0 radical (unpaired) electrons. The van der Waals surface area contributed by atoms with Crippen molar-refractivity contribution in [1.29, 1.82) is 0 Å². The van der Waals surface area contributed by atoms with Gasteiger partial charge in [-0.3, -0.25) is 0 Å². The zero-order valence-corrected chi connectivity index (χ0v) is 22.4. The maximum atomic E-state index is 11.1. The van der Waals surface area contributed by atoms with Crippen LogP contribution in [-0.4, -0.2) is 39.5 Å². The maximum absolute atomic E-state index is 11.1. The highest BCUT2D eigenvalue weighted by atomic mass is 32.2. The number of thiocarbonyl (C=S) groups is 1. The van der Waals surface area contributed by atoms with Gasteiger partial charge in [-0.25, -0.2) is 0 Å². The van der Waals surface area contributed by atoms with E-state index in [1.165, 1.54) is 5.56 Å². The molecule has 170 valence electrons. The monoisotopic (exact) mass is 476 g/mol. The van der Waals surface area contributed by atoms with Crippen LogP contribution >= 0.6 is 24.0 Å². The molecule has 0 amide bonds. The van der Waals surface area contributed by atoms with Crippen molar-refractivity contribution in [3.05, 3.63) is 65.7 Å². The Morgan fingerprint density at radius 3 is 2.00 bits per heavy atom. The van der Waals surface area contributed by atoms with Gasteiger partial charge in [0.25, 0.3) is 0 Å². The molecule has 0 aliphatic carbocycles. The molecule has 2 rings (SSSR count). The Hall–Kier alpha value is -1.02. The zero-order valence-electron chi connectivity index (χ0n) is 19.7. The van der Waals surface area contributed by atoms with Gasteiger partial charge in [0.2, 0.25) is 8.32 Å². The van der Waals surface area contributed by atoms with Gasteiger partial charge >= 0.3 is 0 Å². The van der Waals surface area contributed by atoms with Crippen LogP contribution in [0.15, 0.2) is 54.6 Å². The summed E-state index contributed by atoms with van der Waals surface area (Å²) in [6.07, 6.45) is 0.482. The van der Waals surface area contributed by atoms with E-state index in [4.69, 9.17) is 16.6 Å². The summed E-state index contributed by atoms with van der Waals surface area (Å²) in [7, 11) is -2.42. The van der Waals surface area contributed by atoms with E-state index >= 15 is 0 Å². The summed E-state index contributed by atoms with van der Waals surface area (Å²) in [5, 5.41) is 23.1. The summed E-state index contributed by atoms with van der Waals surface area (Å²) in [4.78, 5) is 0. The van der Waals surface area contributed by atoms with Crippen LogP contribution in [0.3, 0.4) is 0 Å². The van der Waals surface area contributed by atoms with Crippen LogP contribution in [0, 0.1) is 0 Å². The molecular weight excluding hydrogens is 440 g/mol. The van der Waals surface area contributed by atoms with Crippen molar-refractivity contribution in [3.63, 3.8) is 0 Å². The van der Waals surface area contributed by atoms with E-state index in [1.54, 1.807) is 32.5 Å². The SMILES string of the molecule is CCC(C)(O)C(C)(O[Si](C)(C)c1ccc(CSC(=S)c2ccccc2)cc1)C(C)(C)O. The lowest BCUT2D eigenvalue weighted by Gasteiger charge is -2.53. The number of hydrogen-bond donors (Lipinski definition) is 2. The Morgan fingerprint density at radius 1 is 0.968 bits per heavy atom. The molecule has 2 unspecified atom stereocenters. The molecule has 0 fully saturated rings. The van der Waals surface area contributed by atoms with Gasteiger partial charge < -0.3 is 14.6 Å². The highest BCUT2D eigenvalue weighted by Gasteiger charge is 2.55. The molecule has 0 bridgehead atoms. The quantitative estimate of drug-likeness (QED) is 0.374. The first-order chi connectivity index (χ1) is 14.2. The fraction of sp³-hybridized carbons (Fsp3) is 0.480. The molecule has 6 heteroatoms. The van der Waals surface area contributed by atoms with Crippen LogP contribution in [0.4, 0.5) is 0 Å². The number of benzene rings is 2. The average molecular weight is 477 g/mol. The predicted octanol–water partition coefficient (Wildman–Crippen LogP) is 5.41. The molecule has 0 aromatic heterocycles. The van der Waals surface area contributed by atoms with Gasteiger partial charge in [-0.2, -0.15) is 0 Å². The van der Waals surface area contributed by atoms with Crippen LogP contribution in [-0.2, 0) is 10.2 Å². The van der Waals surface area contributed by atoms with Gasteiger partial charge in [0.1, 0.15) is 5.60 Å². The van der Waals surface area contributed by atoms with Crippen molar-refractivity contribution in [2.24, 2.45) is 0 Å². The van der Waals surface area contributed by atoms with E-state index in [2.05, 4.69) is 37.4 Å². The summed E-state index contributed by atoms with van der Waals surface area (Å²) in [5.74, 6) is 0.808. The second kappa shape index (κ2) is 9.85. The van der Waals surface area contributed by atoms with Gasteiger partial charge in [0.05, 0.1) is 15.4 Å². The van der Waals surface area contributed by atoms with E-state index < -0.39 is 25.1 Å². The van der Waals surface area contributed by atoms with Gasteiger partial charge in [0.15, 0.2) is 0 Å². The van der Waals surface area contributed by atoms with E-state index in [9.17, 15) is 10.2 Å². The Bertz CT molecular complexity index is 874. The molecule has 2 N–H and O–H groups in total. The Kier molecular flexibility index (Phi) is 8.34. The standard InChI is InChI=1S/C25H36O3S2Si/c1-8-24(4,27)25(5,23(2,3)26)28-31(6,7)21-16-14-19(15-17-21)18-30-22(29)20-12-10-9-11-13-20/h9-17,26-27H,8,18H2,1-7H3. The minimum atomic E-state index is -2.42. The Morgan fingerprint density at radius 2 is 1.52 bits per heavy atom. The van der Waals surface area contributed by atoms with Crippen LogP contribution in [0.5, 0.6) is 0 Å². The van der Waals surface area contributed by atoms with Crippen LogP contribution in [0.25, 0.3) is 0 Å². The zero-order chi connectivity index (χ0) is 23.5. The summed E-state index contributed by atoms with van der Waals surface area (Å²) in [6, 6.07) is 18.5. The summed E-state index contributed by atoms with van der Waals surface area (Å²) in [5.41, 5.74) is -1.21. The fourth-order valence-corrected chi connectivity index (χ4v) is 7.29. The third-order valence-electron chi connectivity index (χ3n) is 6.37. The molecule has 0 saturated heterocycles. The van der Waals surface area contributed by atoms with Crippen LogP contribution in [0.1, 0.15) is 52.2 Å². The second-order valence-electron chi connectivity index (χ2n) is 9.47. The molecule has 31 heavy (non-hydrogen) atoms. The van der Waals surface area contributed by atoms with E-state index in [0.717, 1.165) is 20.7 Å². The van der Waals surface area contributed by atoms with Crippen LogP contribution < -0.4 is 5.19 Å². The topological polar surface area (TPSA) is 49.7 Å². The number of thioether (sulfide) groups is 1. The van der Waals surface area contributed by atoms with Gasteiger partial charge in [-0.1, -0.05) is 73.7 Å². The molecule has 0 aliphatic rings. The lowest BCUT2D eigenvalue weighted by Crippen LogP contribution is -2.68. The Balaban J connectivity index is 2.15. The average Bonchev–Trinajstić information content (AvgIpc) is 2.71. The fourth-order valence-electron chi connectivity index (χ4n) is 3.61. The van der Waals surface area contributed by atoms with Gasteiger partial charge in [-0.15, -0.1) is 11.8 Å². The molecule has 0 aliphatic heterocycles. The lowest BCUT2D eigenvalue weighted by atomic mass is 9.73. The highest BCUT2D eigenvalue weighted by molar-refractivity contribution is 8.23. The molecular formula is C25H36O3S2Si. The minimum absolute atomic E-state index is 0.482. The minimum Gasteiger partial charge on any atom is -0.402 e. The summed E-state index contributed by atoms with van der Waals surface area (Å²) in [6.45, 7) is 13.1. The summed E-state index contributed by atoms with van der Waals surface area (Å²) < 4.78 is 7.53. The number of aliphatic hydroxyl groups is 2. The van der Waals surface area contributed by atoms with E-state index in [0.29, 0.717) is 6.42 Å². The van der Waals surface area contributed by atoms with E-state index in [1.807, 2.05) is 44.2 Å². The molecule has 2 atom stereocenters. The second-order valence-corrected chi connectivity index (χ2v) is 14.9. The first kappa shape index (κ1) is 26.2. The van der Waals surface area contributed by atoms with Crippen molar-refractivity contribution in [1.82, 2.24) is 0 Å². The largest absolute Gasteiger partial charge is 0.402 e. The molecule has 2 aromatic rings. The molecule has 0 spiro atoms. The maximum Gasteiger partial charge on any atom is 0.219 e. The molecule has 0 heterocycles. The third-order valence-corrected chi connectivity index (χ3v) is 10.6. The number of hydrogen-bond acceptors (Lipinski definition) is 5. The van der Waals surface area contributed by atoms with E-state index in [-0.39, 0.29) is 0 Å². The lowest BCUT2D eigenvalue weighted by molar-refractivity contribution is -0.208. The van der Waals surface area contributed by atoms with Gasteiger partial charge in [0, 0.05) is 5.75 Å². The van der Waals surface area contributed by atoms with Crippen molar-refractivity contribution in [3.8, 4) is 0 Å². The predicted molar refractivity (Wildman–Crippen MR) is 140 cm³/mol. The first-order valence-corrected chi connectivity index (χ1v) is 15.0. The molecule has 3 nitrogen and oxygen atoms in total. The molecule has 2 aromatic carbocycles. The highest BCUT2D eigenvalue weighted by Crippen LogP contribution is 2.40. The van der Waals surface area contributed by atoms with Crippen molar-refractivity contribution >= 4 is 41.7 Å². The summed E-state index contributed by atoms with van der Waals surface area (Å²) >= 11 is 7.21. The van der Waals surface area contributed by atoms with Gasteiger partial charge in [-0.05, 0) is 63.5 Å². The van der Waals surface area contributed by atoms with Crippen molar-refractivity contribution < 1.29 is 14.6 Å². The molecule has 0 saturated carbocycles. The normalized spacial score (nSPS) is 16.4. The van der Waals surface area contributed by atoms with Crippen molar-refractivity contribution in [2.75, 3.05) is 0 Å². The Labute approximate surface area is 198 Å².